The van der Waals surface area contributed by atoms with Crippen LogP contribution in [0.5, 0.6) is 0 Å². The number of ether oxygens (including phenoxy) is 1. The molecule has 5 aliphatic rings. The molecule has 0 bridgehead atoms. The highest BCUT2D eigenvalue weighted by molar-refractivity contribution is 5.90. The fraction of sp³-hybridized carbons (Fsp3) is 0.727. The van der Waals surface area contributed by atoms with Crippen molar-refractivity contribution in [2.24, 2.45) is 62.1 Å². The fourth-order valence-corrected chi connectivity index (χ4v) is 13.6. The lowest BCUT2D eigenvalue weighted by Crippen LogP contribution is -2.67. The molecule has 0 radical (unpaired) electrons. The number of hydrogen-bond acceptors (Lipinski definition) is 5. The molecule has 4 unspecified atom stereocenters. The van der Waals surface area contributed by atoms with Crippen LogP contribution in [0.3, 0.4) is 0 Å². The van der Waals surface area contributed by atoms with E-state index in [-0.39, 0.29) is 64.0 Å². The summed E-state index contributed by atoms with van der Waals surface area (Å²) in [5.74, 6) is -1.79. The molecule has 5 fully saturated rings. The number of carboxylic acids is 2. The molecule has 10 atom stereocenters. The third-order valence-corrected chi connectivity index (χ3v) is 16.6. The molecular weight excluding hydrogens is 673 g/mol. The molecule has 0 aromatic heterocycles. The molecule has 5 aliphatic carbocycles. The van der Waals surface area contributed by atoms with E-state index >= 15 is 0 Å². The quantitative estimate of drug-likeness (QED) is 0.170. The van der Waals surface area contributed by atoms with Crippen LogP contribution < -0.4 is 5.32 Å². The third kappa shape index (κ3) is 6.05. The number of carboxylic acid groups (broad SMARTS) is 2. The number of carbonyl (C=O) groups excluding carboxylic acids is 2. The van der Waals surface area contributed by atoms with Crippen LogP contribution >= 0.6 is 0 Å². The number of carbonyl (C=O) groups is 4. The third-order valence-electron chi connectivity index (χ3n) is 16.6. The molecular formula is C44H62FNO7. The van der Waals surface area contributed by atoms with E-state index in [1.165, 1.54) is 12.1 Å². The van der Waals surface area contributed by atoms with Gasteiger partial charge >= 0.3 is 17.9 Å². The summed E-state index contributed by atoms with van der Waals surface area (Å²) >= 11 is 0. The number of rotatable bonds is 9. The number of allylic oxidation sites excluding steroid dienone is 1. The number of fused-ring (bicyclic) bond motifs is 7. The number of hydrogen-bond donors (Lipinski definition) is 3. The van der Waals surface area contributed by atoms with E-state index in [4.69, 9.17) is 4.74 Å². The van der Waals surface area contributed by atoms with Gasteiger partial charge in [0.1, 0.15) is 11.9 Å². The Balaban J connectivity index is 1.25. The van der Waals surface area contributed by atoms with Gasteiger partial charge in [-0.25, -0.2) is 9.18 Å². The van der Waals surface area contributed by atoms with Gasteiger partial charge in [-0.1, -0.05) is 52.8 Å². The van der Waals surface area contributed by atoms with Gasteiger partial charge in [-0.3, -0.25) is 14.4 Å². The second kappa shape index (κ2) is 13.2. The molecule has 1 aromatic carbocycles. The smallest absolute Gasteiger partial charge is 0.336 e. The Kier molecular flexibility index (Phi) is 9.84. The minimum atomic E-state index is -1.22. The number of amides is 1. The SMILES string of the molecule is C=C(C)[C@@H]1CC[C@]2(C(=O)NCc3ccc(F)cc3C(=O)O)CC[C@]3(C)C(CCC4[C@@]5(C)CC[C@H](OC(=O)CC(C)(C)C(=O)O)C(C)(C)C5CC[C@]43C)C12. The van der Waals surface area contributed by atoms with Crippen molar-refractivity contribution < 1.29 is 38.5 Å². The normalized spacial score (nSPS) is 38.7. The van der Waals surface area contributed by atoms with E-state index < -0.39 is 34.6 Å². The molecule has 0 spiro atoms. The van der Waals surface area contributed by atoms with Crippen LogP contribution in [0.4, 0.5) is 4.39 Å². The topological polar surface area (TPSA) is 130 Å². The molecule has 3 N–H and O–H groups in total. The zero-order chi connectivity index (χ0) is 39.1. The Hall–Kier alpha value is -3.23. The maximum absolute atomic E-state index is 14.5. The predicted molar refractivity (Wildman–Crippen MR) is 200 cm³/mol. The van der Waals surface area contributed by atoms with Crippen LogP contribution in [0.25, 0.3) is 0 Å². The minimum Gasteiger partial charge on any atom is -0.481 e. The molecule has 8 nitrogen and oxygen atoms in total. The number of benzene rings is 1. The Morgan fingerprint density at radius 1 is 0.906 bits per heavy atom. The zero-order valence-corrected chi connectivity index (χ0v) is 33.2. The number of esters is 1. The molecule has 292 valence electrons. The summed E-state index contributed by atoms with van der Waals surface area (Å²) in [6, 6.07) is 3.71. The number of nitrogens with one attached hydrogen (secondary N) is 1. The average Bonchev–Trinajstić information content (AvgIpc) is 3.47. The van der Waals surface area contributed by atoms with Crippen LogP contribution in [0.15, 0.2) is 30.4 Å². The number of aliphatic carboxylic acids is 1. The van der Waals surface area contributed by atoms with E-state index in [2.05, 4.69) is 53.4 Å². The van der Waals surface area contributed by atoms with Crippen LogP contribution in [-0.4, -0.2) is 40.1 Å². The zero-order valence-electron chi connectivity index (χ0n) is 33.2. The van der Waals surface area contributed by atoms with Crippen molar-refractivity contribution in [3.8, 4) is 0 Å². The minimum absolute atomic E-state index is 0.000308. The number of aromatic carboxylic acids is 1. The fourth-order valence-electron chi connectivity index (χ4n) is 13.6. The van der Waals surface area contributed by atoms with Gasteiger partial charge in [-0.2, -0.15) is 0 Å². The lowest BCUT2D eigenvalue weighted by atomic mass is 9.32. The molecule has 1 aromatic rings. The first-order chi connectivity index (χ1) is 24.5. The summed E-state index contributed by atoms with van der Waals surface area (Å²) < 4.78 is 20.1. The van der Waals surface area contributed by atoms with E-state index in [1.54, 1.807) is 13.8 Å². The summed E-state index contributed by atoms with van der Waals surface area (Å²) in [4.78, 5) is 51.2. The van der Waals surface area contributed by atoms with Gasteiger partial charge in [0.05, 0.1) is 22.8 Å². The first kappa shape index (κ1) is 39.5. The van der Waals surface area contributed by atoms with Gasteiger partial charge in [-0.15, -0.1) is 0 Å². The molecule has 0 aliphatic heterocycles. The molecule has 1 amide bonds. The lowest BCUT2D eigenvalue weighted by molar-refractivity contribution is -0.249. The maximum atomic E-state index is 14.5. The van der Waals surface area contributed by atoms with E-state index in [9.17, 15) is 33.8 Å². The second-order valence-corrected chi connectivity index (χ2v) is 19.8. The van der Waals surface area contributed by atoms with Crippen LogP contribution in [0.2, 0.25) is 0 Å². The van der Waals surface area contributed by atoms with Gasteiger partial charge in [0.15, 0.2) is 0 Å². The molecule has 53 heavy (non-hydrogen) atoms. The first-order valence-electron chi connectivity index (χ1n) is 19.9. The summed E-state index contributed by atoms with van der Waals surface area (Å²) in [6.45, 7) is 21.8. The van der Waals surface area contributed by atoms with Gasteiger partial charge in [-0.05, 0) is 149 Å². The molecule has 9 heteroatoms. The molecule has 0 saturated heterocycles. The summed E-state index contributed by atoms with van der Waals surface area (Å²) in [6.07, 6.45) is 8.89. The number of halogens is 1. The standard InChI is InChI=1S/C44H62FNO7/c1-25(2)28-14-19-44(37(50)46-24-26-10-11-27(45)22-29(26)36(48)49)21-20-42(8)30(35(28)44)12-13-32-41(7)17-16-33(53-34(47)23-39(3,4)38(51)52)40(5,6)31(41)15-18-43(32,42)9/h10-11,22,28,30-33,35H,1,12-21,23-24H2,2-9H3,(H,46,50)(H,48,49)(H,51,52)/t28-,30?,31?,32?,33-,35?,41-,42+,43+,44-/m0/s1. The van der Waals surface area contributed by atoms with Gasteiger partial charge in [0, 0.05) is 12.0 Å². The highest BCUT2D eigenvalue weighted by Crippen LogP contribution is 2.77. The van der Waals surface area contributed by atoms with Crippen LogP contribution in [-0.2, 0) is 25.7 Å². The second-order valence-electron chi connectivity index (χ2n) is 19.8. The first-order valence-corrected chi connectivity index (χ1v) is 19.9. The Bertz CT molecular complexity index is 1700. The largest absolute Gasteiger partial charge is 0.481 e. The lowest BCUT2D eigenvalue weighted by Gasteiger charge is -2.72. The van der Waals surface area contributed by atoms with Crippen LogP contribution in [0.1, 0.15) is 142 Å². The monoisotopic (exact) mass is 735 g/mol. The van der Waals surface area contributed by atoms with Crippen molar-refractivity contribution in [1.82, 2.24) is 5.32 Å². The van der Waals surface area contributed by atoms with Crippen molar-refractivity contribution >= 4 is 23.8 Å². The summed E-state index contributed by atoms with van der Waals surface area (Å²) in [5, 5.41) is 22.5. The Labute approximate surface area is 315 Å². The van der Waals surface area contributed by atoms with Crippen molar-refractivity contribution in [3.63, 3.8) is 0 Å². The Morgan fingerprint density at radius 3 is 2.25 bits per heavy atom. The van der Waals surface area contributed by atoms with Gasteiger partial charge in [0.2, 0.25) is 5.91 Å². The molecule has 6 rings (SSSR count). The van der Waals surface area contributed by atoms with Gasteiger partial charge in [0.25, 0.3) is 0 Å². The summed E-state index contributed by atoms with van der Waals surface area (Å²) in [5.41, 5.74) is -0.541. The average molecular weight is 736 g/mol. The van der Waals surface area contributed by atoms with E-state index in [0.29, 0.717) is 23.3 Å². The summed E-state index contributed by atoms with van der Waals surface area (Å²) in [7, 11) is 0. The Morgan fingerprint density at radius 2 is 1.60 bits per heavy atom. The maximum Gasteiger partial charge on any atom is 0.336 e. The molecule has 5 saturated carbocycles. The van der Waals surface area contributed by atoms with Gasteiger partial charge < -0.3 is 20.3 Å². The highest BCUT2D eigenvalue weighted by Gasteiger charge is 2.72. The molecule has 0 heterocycles. The van der Waals surface area contributed by atoms with Crippen molar-refractivity contribution in [2.75, 3.05) is 0 Å². The van der Waals surface area contributed by atoms with Crippen molar-refractivity contribution in [1.29, 1.82) is 0 Å². The van der Waals surface area contributed by atoms with Crippen LogP contribution in [0, 0.1) is 67.9 Å². The van der Waals surface area contributed by atoms with E-state index in [1.807, 2.05) is 0 Å². The van der Waals surface area contributed by atoms with E-state index in [0.717, 1.165) is 75.8 Å². The van der Waals surface area contributed by atoms with Crippen molar-refractivity contribution in [3.05, 3.63) is 47.3 Å². The van der Waals surface area contributed by atoms with Crippen molar-refractivity contribution in [2.45, 2.75) is 139 Å². The predicted octanol–water partition coefficient (Wildman–Crippen LogP) is 9.21. The highest BCUT2D eigenvalue weighted by atomic mass is 19.1.